The van der Waals surface area contributed by atoms with Crippen molar-refractivity contribution in [3.63, 3.8) is 0 Å². The van der Waals surface area contributed by atoms with Crippen LogP contribution in [-0.4, -0.2) is 67.6 Å². The topological polar surface area (TPSA) is 59.1 Å². The fourth-order valence-corrected chi connectivity index (χ4v) is 4.30. The van der Waals surface area contributed by atoms with Crippen LogP contribution in [0, 0.1) is 19.8 Å². The number of nitrogens with zero attached hydrogens (tertiary/aromatic N) is 2. The second-order valence-electron chi connectivity index (χ2n) is 8.80. The van der Waals surface area contributed by atoms with E-state index in [2.05, 4.69) is 6.92 Å². The van der Waals surface area contributed by atoms with E-state index in [0.717, 1.165) is 36.3 Å². The molecule has 170 valence electrons. The van der Waals surface area contributed by atoms with Crippen LogP contribution in [0.25, 0.3) is 0 Å². The third-order valence-corrected chi connectivity index (χ3v) is 6.45. The van der Waals surface area contributed by atoms with Gasteiger partial charge in [0.25, 0.3) is 11.8 Å². The monoisotopic (exact) mass is 436 g/mol. The number of hydrogen-bond donors (Lipinski definition) is 0. The second kappa shape index (κ2) is 10.2. The summed E-state index contributed by atoms with van der Waals surface area (Å²) < 4.78 is 11.3. The van der Waals surface area contributed by atoms with Crippen LogP contribution in [-0.2, 0) is 4.74 Å². The summed E-state index contributed by atoms with van der Waals surface area (Å²) in [5, 5.41) is 0. The van der Waals surface area contributed by atoms with Gasteiger partial charge in [-0.2, -0.15) is 0 Å². The minimum atomic E-state index is 0.0348. The molecule has 4 rings (SSSR count). The SMILES string of the molecule is Cc1ccc(C(=O)N2CCC[C@H](COc3ccc(C(=O)N4CCOCC4)cc3)C2)cc1C. The lowest BCUT2D eigenvalue weighted by atomic mass is 9.97. The average molecular weight is 437 g/mol. The molecule has 2 aromatic rings. The fraction of sp³-hybridized carbons (Fsp3) is 0.462. The lowest BCUT2D eigenvalue weighted by molar-refractivity contribution is 0.0303. The molecular weight excluding hydrogens is 404 g/mol. The molecule has 0 bridgehead atoms. The van der Waals surface area contributed by atoms with E-state index in [1.165, 1.54) is 5.56 Å². The van der Waals surface area contributed by atoms with Gasteiger partial charge in [-0.25, -0.2) is 0 Å². The number of rotatable bonds is 5. The van der Waals surface area contributed by atoms with Crippen molar-refractivity contribution in [1.82, 2.24) is 9.80 Å². The number of aryl methyl sites for hydroxylation is 2. The highest BCUT2D eigenvalue weighted by Gasteiger charge is 2.25. The summed E-state index contributed by atoms with van der Waals surface area (Å²) in [6.07, 6.45) is 2.03. The van der Waals surface area contributed by atoms with Crippen LogP contribution in [0.2, 0.25) is 0 Å². The third kappa shape index (κ3) is 5.30. The van der Waals surface area contributed by atoms with Gasteiger partial charge in [-0.15, -0.1) is 0 Å². The Bertz CT molecular complexity index is 951. The molecular formula is C26H32N2O4. The molecule has 32 heavy (non-hydrogen) atoms. The highest BCUT2D eigenvalue weighted by Crippen LogP contribution is 2.22. The first-order valence-electron chi connectivity index (χ1n) is 11.5. The van der Waals surface area contributed by atoms with Crippen molar-refractivity contribution in [2.45, 2.75) is 26.7 Å². The maximum Gasteiger partial charge on any atom is 0.254 e. The molecule has 6 nitrogen and oxygen atoms in total. The predicted molar refractivity (Wildman–Crippen MR) is 123 cm³/mol. The minimum absolute atomic E-state index is 0.0348. The van der Waals surface area contributed by atoms with Crippen molar-refractivity contribution in [2.75, 3.05) is 46.0 Å². The number of ether oxygens (including phenoxy) is 2. The first-order chi connectivity index (χ1) is 15.5. The Balaban J connectivity index is 1.30. The van der Waals surface area contributed by atoms with Gasteiger partial charge in [0.2, 0.25) is 0 Å². The van der Waals surface area contributed by atoms with E-state index >= 15 is 0 Å². The van der Waals surface area contributed by atoms with Crippen molar-refractivity contribution in [3.8, 4) is 5.75 Å². The van der Waals surface area contributed by atoms with E-state index in [1.54, 1.807) is 0 Å². The lowest BCUT2D eigenvalue weighted by Gasteiger charge is -2.33. The number of hydrogen-bond acceptors (Lipinski definition) is 4. The summed E-state index contributed by atoms with van der Waals surface area (Å²) in [6.45, 7) is 8.62. The molecule has 0 aromatic heterocycles. The third-order valence-electron chi connectivity index (χ3n) is 6.45. The molecule has 0 spiro atoms. The van der Waals surface area contributed by atoms with E-state index < -0.39 is 0 Å². The van der Waals surface area contributed by atoms with Gasteiger partial charge in [-0.05, 0) is 74.2 Å². The molecule has 0 saturated carbocycles. The Morgan fingerprint density at radius 1 is 0.906 bits per heavy atom. The highest BCUT2D eigenvalue weighted by atomic mass is 16.5. The molecule has 0 aliphatic carbocycles. The summed E-state index contributed by atoms with van der Waals surface area (Å²) in [4.78, 5) is 29.3. The van der Waals surface area contributed by atoms with Crippen molar-refractivity contribution < 1.29 is 19.1 Å². The fourth-order valence-electron chi connectivity index (χ4n) is 4.30. The van der Waals surface area contributed by atoms with Crippen molar-refractivity contribution in [3.05, 3.63) is 64.7 Å². The maximum absolute atomic E-state index is 13.0. The van der Waals surface area contributed by atoms with E-state index in [-0.39, 0.29) is 11.8 Å². The summed E-state index contributed by atoms with van der Waals surface area (Å²) >= 11 is 0. The molecule has 2 saturated heterocycles. The molecule has 0 radical (unpaired) electrons. The number of carbonyl (C=O) groups is 2. The van der Waals surface area contributed by atoms with Crippen LogP contribution in [0.1, 0.15) is 44.7 Å². The van der Waals surface area contributed by atoms with Crippen LogP contribution in [0.4, 0.5) is 0 Å². The predicted octanol–water partition coefficient (Wildman–Crippen LogP) is 3.71. The van der Waals surface area contributed by atoms with Gasteiger partial charge in [0, 0.05) is 43.2 Å². The first-order valence-corrected chi connectivity index (χ1v) is 11.5. The molecule has 2 aromatic carbocycles. The molecule has 2 heterocycles. The molecule has 2 amide bonds. The standard InChI is InChI=1S/C26H32N2O4/c1-19-5-6-23(16-20(19)2)26(30)28-11-3-4-21(17-28)18-32-24-9-7-22(8-10-24)25(29)27-12-14-31-15-13-27/h5-10,16,21H,3-4,11-15,17-18H2,1-2H3/t21-/m0/s1. The zero-order valence-corrected chi connectivity index (χ0v) is 19.0. The number of amides is 2. The number of piperidine rings is 1. The van der Waals surface area contributed by atoms with Crippen LogP contribution < -0.4 is 4.74 Å². The lowest BCUT2D eigenvalue weighted by Crippen LogP contribution is -2.41. The van der Waals surface area contributed by atoms with Crippen LogP contribution in [0.3, 0.4) is 0 Å². The Kier molecular flexibility index (Phi) is 7.10. The van der Waals surface area contributed by atoms with Gasteiger partial charge < -0.3 is 19.3 Å². The largest absolute Gasteiger partial charge is 0.493 e. The molecule has 6 heteroatoms. The summed E-state index contributed by atoms with van der Waals surface area (Å²) in [6, 6.07) is 13.3. The maximum atomic E-state index is 13.0. The van der Waals surface area contributed by atoms with E-state index in [9.17, 15) is 9.59 Å². The van der Waals surface area contributed by atoms with Gasteiger partial charge in [-0.3, -0.25) is 9.59 Å². The smallest absolute Gasteiger partial charge is 0.254 e. The minimum Gasteiger partial charge on any atom is -0.493 e. The Labute approximate surface area is 190 Å². The number of carbonyl (C=O) groups excluding carboxylic acids is 2. The molecule has 0 N–H and O–H groups in total. The summed E-state index contributed by atoms with van der Waals surface area (Å²) in [7, 11) is 0. The molecule has 2 aliphatic rings. The van der Waals surface area contributed by atoms with Crippen molar-refractivity contribution >= 4 is 11.8 Å². The zero-order valence-electron chi connectivity index (χ0n) is 19.0. The zero-order chi connectivity index (χ0) is 22.5. The van der Waals surface area contributed by atoms with E-state index in [0.29, 0.717) is 50.9 Å². The van der Waals surface area contributed by atoms with Crippen LogP contribution >= 0.6 is 0 Å². The van der Waals surface area contributed by atoms with E-state index in [4.69, 9.17) is 9.47 Å². The van der Waals surface area contributed by atoms with Gasteiger partial charge in [-0.1, -0.05) is 6.07 Å². The Hall–Kier alpha value is -2.86. The van der Waals surface area contributed by atoms with E-state index in [1.807, 2.05) is 59.2 Å². The number of morpholine rings is 1. The van der Waals surface area contributed by atoms with Gasteiger partial charge in [0.05, 0.1) is 19.8 Å². The molecule has 1 atom stereocenters. The quantitative estimate of drug-likeness (QED) is 0.717. The molecule has 0 unspecified atom stereocenters. The normalized spacial score (nSPS) is 19.0. The highest BCUT2D eigenvalue weighted by molar-refractivity contribution is 5.95. The molecule has 2 aliphatic heterocycles. The van der Waals surface area contributed by atoms with Crippen molar-refractivity contribution in [1.29, 1.82) is 0 Å². The van der Waals surface area contributed by atoms with Gasteiger partial charge in [0.1, 0.15) is 5.75 Å². The summed E-state index contributed by atoms with van der Waals surface area (Å²) in [5.74, 6) is 1.19. The molecule has 2 fully saturated rings. The first kappa shape index (κ1) is 22.3. The van der Waals surface area contributed by atoms with Gasteiger partial charge >= 0.3 is 0 Å². The van der Waals surface area contributed by atoms with Crippen molar-refractivity contribution in [2.24, 2.45) is 5.92 Å². The average Bonchev–Trinajstić information content (AvgIpc) is 2.84. The Morgan fingerprint density at radius 3 is 2.31 bits per heavy atom. The Morgan fingerprint density at radius 2 is 1.59 bits per heavy atom. The number of benzene rings is 2. The van der Waals surface area contributed by atoms with Crippen LogP contribution in [0.5, 0.6) is 5.75 Å². The number of likely N-dealkylation sites (tertiary alicyclic amines) is 1. The second-order valence-corrected chi connectivity index (χ2v) is 8.80. The van der Waals surface area contributed by atoms with Crippen LogP contribution in [0.15, 0.2) is 42.5 Å². The van der Waals surface area contributed by atoms with Gasteiger partial charge in [0.15, 0.2) is 0 Å². The summed E-state index contributed by atoms with van der Waals surface area (Å²) in [5.41, 5.74) is 3.77.